The van der Waals surface area contributed by atoms with Gasteiger partial charge in [0, 0.05) is 31.1 Å². The normalized spacial score (nSPS) is 10.5. The van der Waals surface area contributed by atoms with Crippen molar-refractivity contribution < 1.29 is 14.7 Å². The summed E-state index contributed by atoms with van der Waals surface area (Å²) in [7, 11) is 1.74. The Hall–Kier alpha value is -1.95. The van der Waals surface area contributed by atoms with E-state index in [1.807, 2.05) is 6.26 Å². The molecule has 0 fully saturated rings. The minimum Gasteiger partial charge on any atom is -0.478 e. The molecule has 6 heteroatoms. The first-order chi connectivity index (χ1) is 9.52. The van der Waals surface area contributed by atoms with Gasteiger partial charge in [-0.2, -0.15) is 11.8 Å². The highest BCUT2D eigenvalue weighted by Crippen LogP contribution is 2.12. The van der Waals surface area contributed by atoms with Crippen LogP contribution in [0, 0.1) is 0 Å². The maximum Gasteiger partial charge on any atom is 0.328 e. The first-order valence-corrected chi connectivity index (χ1v) is 7.44. The Morgan fingerprint density at radius 2 is 2.20 bits per heavy atom. The zero-order valence-electron chi connectivity index (χ0n) is 11.5. The molecule has 0 aliphatic heterocycles. The highest BCUT2D eigenvalue weighted by Gasteiger charge is 2.07. The molecule has 108 valence electrons. The maximum absolute atomic E-state index is 11.9. The molecule has 0 spiro atoms. The van der Waals surface area contributed by atoms with Crippen LogP contribution in [0.15, 0.2) is 30.3 Å². The number of carbonyl (C=O) groups is 2. The van der Waals surface area contributed by atoms with Crippen molar-refractivity contribution in [2.45, 2.75) is 0 Å². The predicted octanol–water partition coefficient (Wildman–Crippen LogP) is 2.61. The average Bonchev–Trinajstić information content (AvgIpc) is 2.42. The Balaban J connectivity index is 2.66. The van der Waals surface area contributed by atoms with Gasteiger partial charge in [0.1, 0.15) is 0 Å². The molecule has 0 unspecified atom stereocenters. The highest BCUT2D eigenvalue weighted by molar-refractivity contribution is 7.98. The fourth-order valence-corrected chi connectivity index (χ4v) is 1.89. The van der Waals surface area contributed by atoms with Gasteiger partial charge < -0.3 is 15.3 Å². The maximum atomic E-state index is 11.9. The van der Waals surface area contributed by atoms with Gasteiger partial charge in [-0.05, 0) is 30.0 Å². The number of rotatable bonds is 6. The van der Waals surface area contributed by atoms with Crippen molar-refractivity contribution in [2.75, 3.05) is 30.9 Å². The Morgan fingerprint density at radius 3 is 2.85 bits per heavy atom. The van der Waals surface area contributed by atoms with Crippen LogP contribution in [-0.4, -0.2) is 47.6 Å². The number of carboxylic acids is 1. The van der Waals surface area contributed by atoms with E-state index in [-0.39, 0.29) is 6.03 Å². The first-order valence-electron chi connectivity index (χ1n) is 6.05. The van der Waals surface area contributed by atoms with Gasteiger partial charge >= 0.3 is 12.0 Å². The van der Waals surface area contributed by atoms with Crippen LogP contribution in [0.25, 0.3) is 6.08 Å². The number of benzene rings is 1. The highest BCUT2D eigenvalue weighted by atomic mass is 32.2. The lowest BCUT2D eigenvalue weighted by molar-refractivity contribution is -0.131. The lowest BCUT2D eigenvalue weighted by Gasteiger charge is -2.17. The molecule has 0 bridgehead atoms. The second kappa shape index (κ2) is 8.27. The summed E-state index contributed by atoms with van der Waals surface area (Å²) in [5.74, 6) is -0.123. The van der Waals surface area contributed by atoms with Crippen molar-refractivity contribution in [2.24, 2.45) is 0 Å². The number of nitrogens with zero attached hydrogens (tertiary/aromatic N) is 1. The van der Waals surface area contributed by atoms with Crippen LogP contribution < -0.4 is 5.32 Å². The number of hydrogen-bond donors (Lipinski definition) is 2. The van der Waals surface area contributed by atoms with E-state index in [1.165, 1.54) is 6.08 Å². The summed E-state index contributed by atoms with van der Waals surface area (Å²) in [4.78, 5) is 24.0. The van der Waals surface area contributed by atoms with Gasteiger partial charge in [0.25, 0.3) is 0 Å². The summed E-state index contributed by atoms with van der Waals surface area (Å²) in [5, 5.41) is 11.4. The van der Waals surface area contributed by atoms with E-state index in [0.717, 1.165) is 17.4 Å². The molecule has 0 atom stereocenters. The van der Waals surface area contributed by atoms with Crippen molar-refractivity contribution in [3.8, 4) is 0 Å². The van der Waals surface area contributed by atoms with E-state index in [4.69, 9.17) is 5.11 Å². The van der Waals surface area contributed by atoms with Crippen molar-refractivity contribution >= 4 is 35.5 Å². The largest absolute Gasteiger partial charge is 0.478 e. The lowest BCUT2D eigenvalue weighted by Crippen LogP contribution is -2.33. The zero-order chi connectivity index (χ0) is 15.0. The molecule has 2 N–H and O–H groups in total. The molecular formula is C14H18N2O3S. The number of aliphatic carboxylic acids is 1. The van der Waals surface area contributed by atoms with Crippen LogP contribution in [-0.2, 0) is 4.79 Å². The molecule has 0 heterocycles. The number of urea groups is 1. The summed E-state index contributed by atoms with van der Waals surface area (Å²) in [6.07, 6.45) is 4.53. The number of thioether (sulfide) groups is 1. The smallest absolute Gasteiger partial charge is 0.328 e. The molecule has 2 amide bonds. The second-order valence-electron chi connectivity index (χ2n) is 4.14. The van der Waals surface area contributed by atoms with Crippen LogP contribution in [0.4, 0.5) is 10.5 Å². The number of carbonyl (C=O) groups excluding carboxylic acids is 1. The van der Waals surface area contributed by atoms with Crippen molar-refractivity contribution in [3.05, 3.63) is 35.9 Å². The second-order valence-corrected chi connectivity index (χ2v) is 5.13. The molecule has 0 aliphatic rings. The zero-order valence-corrected chi connectivity index (χ0v) is 12.3. The summed E-state index contributed by atoms with van der Waals surface area (Å²) in [5.41, 5.74) is 1.36. The molecule has 20 heavy (non-hydrogen) atoms. The fraction of sp³-hybridized carbons (Fsp3) is 0.286. The Labute approximate surface area is 122 Å². The van der Waals surface area contributed by atoms with Gasteiger partial charge in [-0.15, -0.1) is 0 Å². The Kier molecular flexibility index (Phi) is 6.66. The topological polar surface area (TPSA) is 69.6 Å². The molecule has 0 aliphatic carbocycles. The molecule has 0 aromatic heterocycles. The SMILES string of the molecule is CSCCN(C)C(=O)Nc1cccc(/C=C/C(=O)O)c1. The Bertz CT molecular complexity index is 503. The molecule has 0 saturated heterocycles. The Morgan fingerprint density at radius 1 is 1.45 bits per heavy atom. The van der Waals surface area contributed by atoms with Crippen LogP contribution in [0.2, 0.25) is 0 Å². The van der Waals surface area contributed by atoms with Gasteiger partial charge in [-0.1, -0.05) is 12.1 Å². The van der Waals surface area contributed by atoms with Gasteiger partial charge in [-0.25, -0.2) is 9.59 Å². The van der Waals surface area contributed by atoms with Crippen LogP contribution in [0.3, 0.4) is 0 Å². The minimum absolute atomic E-state index is 0.182. The minimum atomic E-state index is -1.00. The third-order valence-electron chi connectivity index (χ3n) is 2.53. The molecule has 0 saturated carbocycles. The van der Waals surface area contributed by atoms with Gasteiger partial charge in [0.15, 0.2) is 0 Å². The van der Waals surface area contributed by atoms with Crippen LogP contribution >= 0.6 is 11.8 Å². The predicted molar refractivity (Wildman–Crippen MR) is 83.1 cm³/mol. The van der Waals surface area contributed by atoms with Crippen LogP contribution in [0.1, 0.15) is 5.56 Å². The van der Waals surface area contributed by atoms with E-state index in [2.05, 4.69) is 5.32 Å². The first kappa shape index (κ1) is 16.1. The van der Waals surface area contributed by atoms with E-state index < -0.39 is 5.97 Å². The molecule has 1 aromatic carbocycles. The van der Waals surface area contributed by atoms with Crippen molar-refractivity contribution in [1.82, 2.24) is 4.90 Å². The number of nitrogens with one attached hydrogen (secondary N) is 1. The summed E-state index contributed by atoms with van der Waals surface area (Å²) in [6, 6.07) is 6.84. The van der Waals surface area contributed by atoms with E-state index in [1.54, 1.807) is 48.0 Å². The van der Waals surface area contributed by atoms with Crippen LogP contribution in [0.5, 0.6) is 0 Å². The number of hydrogen-bond acceptors (Lipinski definition) is 3. The quantitative estimate of drug-likeness (QED) is 0.791. The van der Waals surface area contributed by atoms with E-state index >= 15 is 0 Å². The molecule has 0 radical (unpaired) electrons. The summed E-state index contributed by atoms with van der Waals surface area (Å²) in [6.45, 7) is 0.672. The summed E-state index contributed by atoms with van der Waals surface area (Å²) < 4.78 is 0. The molecular weight excluding hydrogens is 276 g/mol. The van der Waals surface area contributed by atoms with E-state index in [9.17, 15) is 9.59 Å². The third kappa shape index (κ3) is 5.79. The van der Waals surface area contributed by atoms with Crippen molar-refractivity contribution in [3.63, 3.8) is 0 Å². The standard InChI is InChI=1S/C14H18N2O3S/c1-16(8-9-20-2)14(19)15-12-5-3-4-11(10-12)6-7-13(17)18/h3-7,10H,8-9H2,1-2H3,(H,15,19)(H,17,18)/b7-6+. The third-order valence-corrected chi connectivity index (χ3v) is 3.12. The fourth-order valence-electron chi connectivity index (χ4n) is 1.44. The lowest BCUT2D eigenvalue weighted by atomic mass is 10.2. The number of anilines is 1. The monoisotopic (exact) mass is 294 g/mol. The average molecular weight is 294 g/mol. The van der Waals surface area contributed by atoms with E-state index in [0.29, 0.717) is 12.2 Å². The van der Waals surface area contributed by atoms with Gasteiger partial charge in [-0.3, -0.25) is 0 Å². The molecule has 5 nitrogen and oxygen atoms in total. The number of amides is 2. The number of carboxylic acid groups (broad SMARTS) is 1. The van der Waals surface area contributed by atoms with Gasteiger partial charge in [0.05, 0.1) is 0 Å². The summed E-state index contributed by atoms with van der Waals surface area (Å²) >= 11 is 1.68. The van der Waals surface area contributed by atoms with Crippen molar-refractivity contribution in [1.29, 1.82) is 0 Å². The van der Waals surface area contributed by atoms with Gasteiger partial charge in [0.2, 0.25) is 0 Å². The molecule has 1 rings (SSSR count). The molecule has 1 aromatic rings.